The Kier molecular flexibility index (Phi) is 6.05. The topological polar surface area (TPSA) is 103 Å². The molecule has 0 unspecified atom stereocenters. The zero-order chi connectivity index (χ0) is 23.1. The number of ether oxygens (including phenoxy) is 1. The van der Waals surface area contributed by atoms with Gasteiger partial charge >= 0.3 is 5.97 Å². The van der Waals surface area contributed by atoms with Crippen molar-refractivity contribution in [3.63, 3.8) is 0 Å². The molecule has 1 amide bonds. The lowest BCUT2D eigenvalue weighted by atomic mass is 9.88. The average molecular weight is 487 g/mol. The highest BCUT2D eigenvalue weighted by Crippen LogP contribution is 2.40. The second-order valence-corrected chi connectivity index (χ2v) is 11.0. The van der Waals surface area contributed by atoms with E-state index in [0.29, 0.717) is 26.7 Å². The lowest BCUT2D eigenvalue weighted by molar-refractivity contribution is -0.117. The van der Waals surface area contributed by atoms with Crippen LogP contribution in [0, 0.1) is 5.92 Å². The highest BCUT2D eigenvalue weighted by molar-refractivity contribution is 7.18. The molecule has 1 N–H and O–H groups in total. The summed E-state index contributed by atoms with van der Waals surface area (Å²) in [7, 11) is 0. The maximum atomic E-state index is 13.1. The van der Waals surface area contributed by atoms with Crippen LogP contribution in [0.15, 0.2) is 4.79 Å². The third-order valence-corrected chi connectivity index (χ3v) is 8.73. The number of anilines is 1. The number of amides is 1. The number of carbonyl (C=O) groups is 2. The predicted molar refractivity (Wildman–Crippen MR) is 128 cm³/mol. The average Bonchev–Trinajstić information content (AvgIpc) is 3.33. The van der Waals surface area contributed by atoms with Gasteiger partial charge < -0.3 is 10.1 Å². The molecule has 0 spiro atoms. The number of nitrogens with zero attached hydrogens (tertiary/aromatic N) is 3. The zero-order valence-corrected chi connectivity index (χ0v) is 20.4. The Morgan fingerprint density at radius 1 is 1.15 bits per heavy atom. The lowest BCUT2D eigenvalue weighted by Crippen LogP contribution is -2.30. The predicted octanol–water partition coefficient (Wildman–Crippen LogP) is 3.73. The maximum absolute atomic E-state index is 13.1. The van der Waals surface area contributed by atoms with Crippen LogP contribution in [0.4, 0.5) is 5.00 Å². The van der Waals surface area contributed by atoms with Gasteiger partial charge in [-0.2, -0.15) is 0 Å². The standard InChI is InChI=1S/C23H26N4O4S2/c1-3-31-23(30)19-14-9-8-12(2)10-16(14)33-20(19)24-17(28)11-27-22(29)18-13-6-4-5-7-15(13)32-21(18)25-26-27/h12H,3-11H2,1-2H3,(H,24,28)/t12-/m0/s1. The Morgan fingerprint density at radius 3 is 2.79 bits per heavy atom. The summed E-state index contributed by atoms with van der Waals surface area (Å²) in [6, 6.07) is 0. The summed E-state index contributed by atoms with van der Waals surface area (Å²) < 4.78 is 6.39. The first kappa shape index (κ1) is 22.2. The van der Waals surface area contributed by atoms with Crippen LogP contribution in [0.25, 0.3) is 10.2 Å². The molecule has 33 heavy (non-hydrogen) atoms. The fourth-order valence-corrected chi connectivity index (χ4v) is 7.38. The van der Waals surface area contributed by atoms with E-state index in [-0.39, 0.29) is 18.7 Å². The van der Waals surface area contributed by atoms with E-state index in [1.807, 2.05) is 0 Å². The van der Waals surface area contributed by atoms with Gasteiger partial charge in [-0.05, 0) is 68.9 Å². The van der Waals surface area contributed by atoms with Gasteiger partial charge in [0.05, 0.1) is 17.6 Å². The molecule has 0 saturated carbocycles. The highest BCUT2D eigenvalue weighted by Gasteiger charge is 2.29. The monoisotopic (exact) mass is 486 g/mol. The summed E-state index contributed by atoms with van der Waals surface area (Å²) in [5.41, 5.74) is 2.23. The molecule has 3 aromatic heterocycles. The zero-order valence-electron chi connectivity index (χ0n) is 18.7. The van der Waals surface area contributed by atoms with E-state index in [0.717, 1.165) is 65.6 Å². The molecule has 5 rings (SSSR count). The first-order valence-electron chi connectivity index (χ1n) is 11.5. The number of rotatable bonds is 5. The van der Waals surface area contributed by atoms with Crippen molar-refractivity contribution in [3.05, 3.63) is 36.8 Å². The lowest BCUT2D eigenvalue weighted by Gasteiger charge is -2.18. The Hall–Kier alpha value is -2.59. The number of aryl methyl sites for hydroxylation is 2. The first-order chi connectivity index (χ1) is 16.0. The van der Waals surface area contributed by atoms with E-state index < -0.39 is 11.9 Å². The number of hydrogen-bond donors (Lipinski definition) is 1. The molecule has 0 radical (unpaired) electrons. The molecule has 0 bridgehead atoms. The van der Waals surface area contributed by atoms with Crippen LogP contribution >= 0.6 is 22.7 Å². The minimum atomic E-state index is -0.414. The smallest absolute Gasteiger partial charge is 0.341 e. The minimum absolute atomic E-state index is 0.256. The molecule has 2 aliphatic rings. The van der Waals surface area contributed by atoms with Crippen molar-refractivity contribution >= 4 is 49.8 Å². The number of aromatic nitrogens is 3. The van der Waals surface area contributed by atoms with E-state index >= 15 is 0 Å². The number of fused-ring (bicyclic) bond motifs is 4. The van der Waals surface area contributed by atoms with Crippen LogP contribution in [-0.2, 0) is 41.8 Å². The maximum Gasteiger partial charge on any atom is 0.341 e. The van der Waals surface area contributed by atoms with Crippen LogP contribution in [0.5, 0.6) is 0 Å². The van der Waals surface area contributed by atoms with Crippen molar-refractivity contribution in [2.24, 2.45) is 5.92 Å². The van der Waals surface area contributed by atoms with Crippen LogP contribution in [0.3, 0.4) is 0 Å². The molecule has 2 aliphatic carbocycles. The molecular formula is C23H26N4O4S2. The van der Waals surface area contributed by atoms with E-state index in [4.69, 9.17) is 4.74 Å². The quantitative estimate of drug-likeness (QED) is 0.551. The van der Waals surface area contributed by atoms with Gasteiger partial charge in [0.1, 0.15) is 11.5 Å². The molecule has 174 valence electrons. The van der Waals surface area contributed by atoms with E-state index in [1.165, 1.54) is 27.6 Å². The Balaban J connectivity index is 1.43. The summed E-state index contributed by atoms with van der Waals surface area (Å²) in [5.74, 6) is -0.290. The molecule has 3 aromatic rings. The highest BCUT2D eigenvalue weighted by atomic mass is 32.1. The van der Waals surface area contributed by atoms with Crippen molar-refractivity contribution in [1.82, 2.24) is 15.0 Å². The summed E-state index contributed by atoms with van der Waals surface area (Å²) >= 11 is 2.96. The van der Waals surface area contributed by atoms with Crippen molar-refractivity contribution in [2.45, 2.75) is 65.3 Å². The van der Waals surface area contributed by atoms with Gasteiger partial charge in [-0.3, -0.25) is 9.59 Å². The summed E-state index contributed by atoms with van der Waals surface area (Å²) in [4.78, 5) is 41.7. The minimum Gasteiger partial charge on any atom is -0.462 e. The van der Waals surface area contributed by atoms with Crippen LogP contribution in [0.2, 0.25) is 0 Å². The second-order valence-electron chi connectivity index (χ2n) is 8.77. The van der Waals surface area contributed by atoms with Gasteiger partial charge in [-0.25, -0.2) is 9.48 Å². The fraction of sp³-hybridized carbons (Fsp3) is 0.522. The fourth-order valence-electron chi connectivity index (χ4n) is 4.77. The van der Waals surface area contributed by atoms with Gasteiger partial charge in [0.25, 0.3) is 5.56 Å². The van der Waals surface area contributed by atoms with Crippen LogP contribution < -0.4 is 10.9 Å². The Bertz CT molecular complexity index is 1310. The van der Waals surface area contributed by atoms with Crippen LogP contribution in [0.1, 0.15) is 64.3 Å². The molecule has 0 aliphatic heterocycles. The molecule has 0 aromatic carbocycles. The molecule has 3 heterocycles. The summed E-state index contributed by atoms with van der Waals surface area (Å²) in [6.07, 6.45) is 6.68. The molecular weight excluding hydrogens is 460 g/mol. The van der Waals surface area contributed by atoms with Gasteiger partial charge in [-0.15, -0.1) is 27.8 Å². The second kappa shape index (κ2) is 8.98. The van der Waals surface area contributed by atoms with Crippen molar-refractivity contribution in [1.29, 1.82) is 0 Å². The molecule has 1 atom stereocenters. The summed E-state index contributed by atoms with van der Waals surface area (Å²) in [5, 5.41) is 12.2. The molecule has 0 saturated heterocycles. The normalized spacial score (nSPS) is 17.5. The van der Waals surface area contributed by atoms with Gasteiger partial charge in [-0.1, -0.05) is 12.1 Å². The van der Waals surface area contributed by atoms with Crippen molar-refractivity contribution < 1.29 is 14.3 Å². The molecule has 0 fully saturated rings. The number of carbonyl (C=O) groups excluding carboxylic acids is 2. The molecule has 8 nitrogen and oxygen atoms in total. The van der Waals surface area contributed by atoms with Crippen LogP contribution in [-0.4, -0.2) is 33.5 Å². The third kappa shape index (κ3) is 4.10. The Labute approximate surface area is 199 Å². The van der Waals surface area contributed by atoms with Gasteiger partial charge in [0.15, 0.2) is 4.83 Å². The third-order valence-electron chi connectivity index (χ3n) is 6.38. The Morgan fingerprint density at radius 2 is 1.97 bits per heavy atom. The van der Waals surface area contributed by atoms with Gasteiger partial charge in [0, 0.05) is 9.75 Å². The number of thiophene rings is 2. The number of esters is 1. The largest absolute Gasteiger partial charge is 0.462 e. The first-order valence-corrected chi connectivity index (χ1v) is 13.1. The van der Waals surface area contributed by atoms with Crippen molar-refractivity contribution in [3.8, 4) is 0 Å². The number of hydrogen-bond acceptors (Lipinski definition) is 8. The molecule has 10 heteroatoms. The number of nitrogens with one attached hydrogen (secondary N) is 1. The van der Waals surface area contributed by atoms with E-state index in [9.17, 15) is 14.4 Å². The van der Waals surface area contributed by atoms with Crippen molar-refractivity contribution in [2.75, 3.05) is 11.9 Å². The summed E-state index contributed by atoms with van der Waals surface area (Å²) in [6.45, 7) is 3.97. The van der Waals surface area contributed by atoms with E-state index in [2.05, 4.69) is 22.6 Å². The van der Waals surface area contributed by atoms with Gasteiger partial charge in [0.2, 0.25) is 5.91 Å². The van der Waals surface area contributed by atoms with E-state index in [1.54, 1.807) is 6.92 Å². The SMILES string of the molecule is CCOC(=O)c1c(NC(=O)Cn2nnc3sc4c(c3c2=O)CCCC4)sc2c1CC[C@H](C)C2.